The third kappa shape index (κ3) is 7.17. The molecule has 210 valence electrons. The van der Waals surface area contributed by atoms with Crippen molar-refractivity contribution in [2.45, 2.75) is 49.8 Å². The minimum Gasteiger partial charge on any atom is -0.550 e. The summed E-state index contributed by atoms with van der Waals surface area (Å²) < 4.78 is 21.8. The molecule has 0 saturated carbocycles. The van der Waals surface area contributed by atoms with Crippen molar-refractivity contribution in [3.05, 3.63) is 60.6 Å². The van der Waals surface area contributed by atoms with Crippen molar-refractivity contribution in [2.24, 2.45) is 11.8 Å². The van der Waals surface area contributed by atoms with E-state index in [1.807, 2.05) is 24.4 Å². The lowest BCUT2D eigenvalue weighted by molar-refractivity contribution is -0.842. The van der Waals surface area contributed by atoms with Crippen molar-refractivity contribution in [3.63, 3.8) is 0 Å². The number of carbonyl (C=O) groups is 2. The highest BCUT2D eigenvalue weighted by molar-refractivity contribution is 5.89. The van der Waals surface area contributed by atoms with E-state index in [-0.39, 0.29) is 12.0 Å². The van der Waals surface area contributed by atoms with Crippen LogP contribution in [-0.2, 0) is 28.5 Å². The van der Waals surface area contributed by atoms with Crippen LogP contribution in [0.5, 0.6) is 0 Å². The Morgan fingerprint density at radius 2 is 2.00 bits per heavy atom. The minimum absolute atomic E-state index is 0.0154. The molecule has 0 radical (unpaired) electrons. The monoisotopic (exact) mass is 537 g/mol. The molecule has 9 atom stereocenters. The van der Waals surface area contributed by atoms with E-state index in [4.69, 9.17) is 18.9 Å². The van der Waals surface area contributed by atoms with Crippen LogP contribution in [0.1, 0.15) is 12.8 Å². The second-order valence-electron chi connectivity index (χ2n) is 9.26. The summed E-state index contributed by atoms with van der Waals surface area (Å²) in [6.45, 7) is 4.44. The molecule has 3 aliphatic heterocycles. The molecule has 0 aliphatic carbocycles. The Morgan fingerprint density at radius 3 is 2.66 bits per heavy atom. The molecule has 1 fully saturated rings. The first-order valence-electron chi connectivity index (χ1n) is 12.3. The van der Waals surface area contributed by atoms with Crippen molar-refractivity contribution in [1.82, 2.24) is 0 Å². The van der Waals surface area contributed by atoms with Crippen molar-refractivity contribution in [3.8, 4) is 0 Å². The van der Waals surface area contributed by atoms with E-state index in [0.717, 1.165) is 10.5 Å². The van der Waals surface area contributed by atoms with Crippen molar-refractivity contribution < 1.29 is 59.0 Å². The van der Waals surface area contributed by atoms with Crippen LogP contribution in [0, 0.1) is 11.8 Å². The number of carboxylic acid groups (broad SMARTS) is 1. The normalized spacial score (nSPS) is 35.2. The highest BCUT2D eigenvalue weighted by Gasteiger charge is 2.47. The van der Waals surface area contributed by atoms with Gasteiger partial charge in [-0.25, -0.2) is 4.79 Å². The van der Waals surface area contributed by atoms with Gasteiger partial charge >= 0.3 is 5.97 Å². The number of nitrogens with one attached hydrogen (secondary N) is 1. The number of aliphatic carboxylic acids is 1. The van der Waals surface area contributed by atoms with Crippen molar-refractivity contribution in [1.29, 1.82) is 0 Å². The van der Waals surface area contributed by atoms with Crippen LogP contribution in [0.4, 0.5) is 0 Å². The van der Waals surface area contributed by atoms with Crippen LogP contribution in [0.3, 0.4) is 0 Å². The van der Waals surface area contributed by atoms with E-state index in [9.17, 15) is 35.1 Å². The summed E-state index contributed by atoms with van der Waals surface area (Å²) in [5.41, 5.74) is 1.13. The van der Waals surface area contributed by atoms with Gasteiger partial charge in [0.15, 0.2) is 6.29 Å². The van der Waals surface area contributed by atoms with Gasteiger partial charge in [-0.3, -0.25) is 0 Å². The summed E-state index contributed by atoms with van der Waals surface area (Å²) >= 11 is 0. The molecule has 12 heteroatoms. The SMILES string of the molecule is C=C[C@H]1[C@H](O[C@@H]2O[C@H](CO)[C@@H](O)[C@H](O)[C@H]2O)OC=C(C(=O)OC)[C@H]1C=CC1=CC=C[NH+](CCCC(=O)[O-])C1. The molecular formula is C26H35NO11. The van der Waals surface area contributed by atoms with E-state index in [1.165, 1.54) is 19.4 Å². The fourth-order valence-electron chi connectivity index (χ4n) is 4.57. The lowest BCUT2D eigenvalue weighted by atomic mass is 9.83. The minimum atomic E-state index is -1.63. The number of aliphatic hydroxyl groups excluding tert-OH is 4. The summed E-state index contributed by atoms with van der Waals surface area (Å²) in [5.74, 6) is -2.98. The summed E-state index contributed by atoms with van der Waals surface area (Å²) in [4.78, 5) is 24.3. The lowest BCUT2D eigenvalue weighted by Gasteiger charge is -2.42. The fraction of sp³-hybridized carbons (Fsp3) is 0.538. The zero-order valence-corrected chi connectivity index (χ0v) is 21.0. The number of ether oxygens (including phenoxy) is 4. The van der Waals surface area contributed by atoms with Crippen LogP contribution < -0.4 is 10.0 Å². The van der Waals surface area contributed by atoms with Gasteiger partial charge in [0.2, 0.25) is 6.29 Å². The van der Waals surface area contributed by atoms with E-state index in [2.05, 4.69) is 6.58 Å². The van der Waals surface area contributed by atoms with Gasteiger partial charge < -0.3 is 54.2 Å². The number of aliphatic hydroxyl groups is 4. The molecule has 0 bridgehead atoms. The molecule has 0 amide bonds. The van der Waals surface area contributed by atoms with Crippen LogP contribution in [0.2, 0.25) is 0 Å². The first-order chi connectivity index (χ1) is 18.2. The molecule has 3 aliphatic rings. The maximum Gasteiger partial charge on any atom is 0.337 e. The Labute approximate surface area is 220 Å². The van der Waals surface area contributed by atoms with Gasteiger partial charge in [-0.05, 0) is 18.6 Å². The number of carboxylic acids is 1. The maximum atomic E-state index is 12.5. The number of allylic oxidation sites excluding steroid dienone is 3. The van der Waals surface area contributed by atoms with Gasteiger partial charge in [0.05, 0.1) is 44.2 Å². The Hall–Kier alpha value is -2.84. The van der Waals surface area contributed by atoms with Crippen LogP contribution in [0.25, 0.3) is 0 Å². The van der Waals surface area contributed by atoms with Gasteiger partial charge in [-0.1, -0.05) is 18.2 Å². The van der Waals surface area contributed by atoms with Gasteiger partial charge in [-0.2, -0.15) is 0 Å². The van der Waals surface area contributed by atoms with E-state index < -0.39 is 67.4 Å². The second kappa shape index (κ2) is 13.8. The molecular weight excluding hydrogens is 502 g/mol. The molecule has 3 heterocycles. The van der Waals surface area contributed by atoms with E-state index in [1.54, 1.807) is 6.08 Å². The number of hydrogen-bond acceptors (Lipinski definition) is 11. The Balaban J connectivity index is 1.77. The highest BCUT2D eigenvalue weighted by atomic mass is 16.8. The van der Waals surface area contributed by atoms with E-state index in [0.29, 0.717) is 19.5 Å². The summed E-state index contributed by atoms with van der Waals surface area (Å²) in [5, 5.41) is 50.6. The van der Waals surface area contributed by atoms with Gasteiger partial charge in [0.25, 0.3) is 0 Å². The molecule has 0 aromatic carbocycles. The zero-order chi connectivity index (χ0) is 27.8. The molecule has 12 nitrogen and oxygen atoms in total. The molecule has 1 unspecified atom stereocenters. The molecule has 3 rings (SSSR count). The maximum absolute atomic E-state index is 12.5. The fourth-order valence-corrected chi connectivity index (χ4v) is 4.57. The number of hydrogen-bond donors (Lipinski definition) is 5. The van der Waals surface area contributed by atoms with Crippen molar-refractivity contribution >= 4 is 11.9 Å². The molecule has 38 heavy (non-hydrogen) atoms. The molecule has 0 spiro atoms. The standard InChI is InChI=1S/C26H35NO11/c1-3-16-17(9-8-15-6-4-10-27(12-15)11-5-7-20(29)30)18(24(34)35-2)14-36-25(16)38-26-23(33)22(32)21(31)19(13-28)37-26/h3-4,6,8-10,14,16-17,19,21-23,25-26,28,31-33H,1,5,7,11-13H2,2H3,(H,29,30)/t16-,17+,19-,21-,22+,23-,25+,26+/m1/s1. The van der Waals surface area contributed by atoms with Crippen LogP contribution in [-0.4, -0.2) is 96.2 Å². The third-order valence-corrected chi connectivity index (χ3v) is 6.70. The lowest BCUT2D eigenvalue weighted by Crippen LogP contribution is -3.08. The number of methoxy groups -OCH3 is 1. The zero-order valence-electron chi connectivity index (χ0n) is 21.0. The molecule has 1 saturated heterocycles. The summed E-state index contributed by atoms with van der Waals surface area (Å²) in [6, 6.07) is 0. The summed E-state index contributed by atoms with van der Waals surface area (Å²) in [7, 11) is 1.24. The first-order valence-corrected chi connectivity index (χ1v) is 12.3. The number of quaternary nitrogens is 1. The predicted octanol–water partition coefficient (Wildman–Crippen LogP) is -2.94. The van der Waals surface area contributed by atoms with E-state index >= 15 is 0 Å². The van der Waals surface area contributed by atoms with Crippen LogP contribution >= 0.6 is 0 Å². The Morgan fingerprint density at radius 1 is 1.24 bits per heavy atom. The quantitative estimate of drug-likeness (QED) is 0.134. The average molecular weight is 538 g/mol. The Kier molecular flexibility index (Phi) is 10.8. The smallest absolute Gasteiger partial charge is 0.337 e. The highest BCUT2D eigenvalue weighted by Crippen LogP contribution is 2.36. The number of carbonyl (C=O) groups excluding carboxylic acids is 2. The summed E-state index contributed by atoms with van der Waals surface area (Å²) in [6.07, 6.45) is 4.01. The Bertz CT molecular complexity index is 972. The molecule has 0 aromatic heterocycles. The number of esters is 1. The number of rotatable bonds is 11. The largest absolute Gasteiger partial charge is 0.550 e. The average Bonchev–Trinajstić information content (AvgIpc) is 2.91. The first kappa shape index (κ1) is 29.7. The molecule has 0 aromatic rings. The molecule has 5 N–H and O–H groups in total. The van der Waals surface area contributed by atoms with Crippen molar-refractivity contribution in [2.75, 3.05) is 26.8 Å². The second-order valence-corrected chi connectivity index (χ2v) is 9.26. The topological polar surface area (TPSA) is 179 Å². The third-order valence-electron chi connectivity index (χ3n) is 6.70. The van der Waals surface area contributed by atoms with Gasteiger partial charge in [0.1, 0.15) is 31.0 Å². The predicted molar refractivity (Wildman–Crippen MR) is 128 cm³/mol. The van der Waals surface area contributed by atoms with Gasteiger partial charge in [-0.15, -0.1) is 6.58 Å². The van der Waals surface area contributed by atoms with Crippen LogP contribution in [0.15, 0.2) is 60.6 Å². The van der Waals surface area contributed by atoms with Gasteiger partial charge in [0, 0.05) is 23.9 Å².